The van der Waals surface area contributed by atoms with E-state index in [2.05, 4.69) is 12.0 Å². The van der Waals surface area contributed by atoms with Gasteiger partial charge in [0.05, 0.1) is 6.61 Å². The van der Waals surface area contributed by atoms with Gasteiger partial charge in [-0.25, -0.2) is 0 Å². The molecule has 0 saturated carbocycles. The van der Waals surface area contributed by atoms with Crippen LogP contribution in [0, 0.1) is 19.3 Å². The van der Waals surface area contributed by atoms with Gasteiger partial charge in [0.2, 0.25) is 0 Å². The molecule has 0 heterocycles. The van der Waals surface area contributed by atoms with E-state index in [1.165, 1.54) is 0 Å². The van der Waals surface area contributed by atoms with E-state index in [1.807, 2.05) is 43.3 Å². The smallest absolute Gasteiger partial charge is 0.0684 e. The highest BCUT2D eigenvalue weighted by Crippen LogP contribution is 2.22. The van der Waals surface area contributed by atoms with Crippen LogP contribution in [0.15, 0.2) is 42.5 Å². The van der Waals surface area contributed by atoms with E-state index >= 15 is 0 Å². The summed E-state index contributed by atoms with van der Waals surface area (Å²) in [5.41, 5.74) is 5.23. The lowest BCUT2D eigenvalue weighted by molar-refractivity contribution is 0.281. The van der Waals surface area contributed by atoms with Crippen molar-refractivity contribution in [3.05, 3.63) is 59.2 Å². The molecule has 17 heavy (non-hydrogen) atoms. The lowest BCUT2D eigenvalue weighted by atomic mass is 9.99. The second-order valence-electron chi connectivity index (χ2n) is 4.02. The molecule has 0 bridgehead atoms. The van der Waals surface area contributed by atoms with E-state index in [-0.39, 0.29) is 6.61 Å². The van der Waals surface area contributed by atoms with Gasteiger partial charge in [0, 0.05) is 5.56 Å². The Morgan fingerprint density at radius 3 is 2.24 bits per heavy atom. The first-order chi connectivity index (χ1) is 8.24. The van der Waals surface area contributed by atoms with Crippen LogP contribution < -0.4 is 0 Å². The van der Waals surface area contributed by atoms with Gasteiger partial charge >= 0.3 is 0 Å². The molecule has 1 N–H and O–H groups in total. The van der Waals surface area contributed by atoms with E-state index < -0.39 is 0 Å². The summed E-state index contributed by atoms with van der Waals surface area (Å²) >= 11 is 0. The van der Waals surface area contributed by atoms with Gasteiger partial charge in [0.15, 0.2) is 0 Å². The van der Waals surface area contributed by atoms with E-state index in [9.17, 15) is 0 Å². The molecule has 0 spiro atoms. The number of terminal acetylenes is 1. The van der Waals surface area contributed by atoms with Crippen molar-refractivity contribution in [2.45, 2.75) is 13.5 Å². The maximum atomic E-state index is 9.13. The number of aliphatic hydroxyl groups is 1. The second-order valence-corrected chi connectivity index (χ2v) is 4.02. The molecule has 2 rings (SSSR count). The van der Waals surface area contributed by atoms with Crippen molar-refractivity contribution in [1.82, 2.24) is 0 Å². The molecule has 0 aliphatic rings. The maximum Gasteiger partial charge on any atom is 0.0684 e. The number of aliphatic hydroxyl groups excluding tert-OH is 1. The first-order valence-electron chi connectivity index (χ1n) is 5.52. The highest BCUT2D eigenvalue weighted by Gasteiger charge is 2.01. The first kappa shape index (κ1) is 11.4. The van der Waals surface area contributed by atoms with Gasteiger partial charge in [-0.2, -0.15) is 0 Å². The van der Waals surface area contributed by atoms with Gasteiger partial charge in [-0.15, -0.1) is 6.42 Å². The Morgan fingerprint density at radius 2 is 1.71 bits per heavy atom. The first-order valence-corrected chi connectivity index (χ1v) is 5.52. The van der Waals surface area contributed by atoms with Crippen molar-refractivity contribution in [2.75, 3.05) is 0 Å². The summed E-state index contributed by atoms with van der Waals surface area (Å²) in [7, 11) is 0. The van der Waals surface area contributed by atoms with Gasteiger partial charge in [-0.1, -0.05) is 36.3 Å². The highest BCUT2D eigenvalue weighted by atomic mass is 16.3. The van der Waals surface area contributed by atoms with E-state index in [0.717, 1.165) is 27.8 Å². The average molecular weight is 222 g/mol. The molecule has 0 unspecified atom stereocenters. The molecule has 0 atom stereocenters. The van der Waals surface area contributed by atoms with Crippen LogP contribution in [0.4, 0.5) is 0 Å². The predicted octanol–water partition coefficient (Wildman–Crippen LogP) is 3.14. The lowest BCUT2D eigenvalue weighted by Crippen LogP contribution is -1.89. The summed E-state index contributed by atoms with van der Waals surface area (Å²) in [6.07, 6.45) is 5.32. The fraction of sp³-hybridized carbons (Fsp3) is 0.125. The van der Waals surface area contributed by atoms with Gasteiger partial charge in [0.1, 0.15) is 0 Å². The number of aryl methyl sites for hydroxylation is 1. The van der Waals surface area contributed by atoms with Crippen LogP contribution in [0.5, 0.6) is 0 Å². The topological polar surface area (TPSA) is 20.2 Å². The largest absolute Gasteiger partial charge is 0.392 e. The van der Waals surface area contributed by atoms with Gasteiger partial charge in [-0.05, 0) is 41.3 Å². The average Bonchev–Trinajstić information content (AvgIpc) is 2.39. The Balaban J connectivity index is 2.40. The molecule has 0 fully saturated rings. The molecule has 0 aliphatic carbocycles. The fourth-order valence-electron chi connectivity index (χ4n) is 1.81. The standard InChI is InChI=1S/C16H14O/c1-3-13-4-6-14(7-5-13)15-8-9-16(11-17)12(2)10-15/h1,4-10,17H,11H2,2H3. The molecule has 1 nitrogen and oxygen atoms in total. The summed E-state index contributed by atoms with van der Waals surface area (Å²) in [5.74, 6) is 2.60. The van der Waals surface area contributed by atoms with Crippen molar-refractivity contribution >= 4 is 0 Å². The quantitative estimate of drug-likeness (QED) is 0.774. The maximum absolute atomic E-state index is 9.13. The second kappa shape index (κ2) is 4.86. The van der Waals surface area contributed by atoms with Crippen LogP contribution in [-0.4, -0.2) is 5.11 Å². The Bertz CT molecular complexity index is 559. The number of hydrogen-bond donors (Lipinski definition) is 1. The molecule has 0 amide bonds. The van der Waals surface area contributed by atoms with Crippen molar-refractivity contribution in [3.63, 3.8) is 0 Å². The fourth-order valence-corrected chi connectivity index (χ4v) is 1.81. The summed E-state index contributed by atoms with van der Waals surface area (Å²) in [6.45, 7) is 2.09. The zero-order valence-electron chi connectivity index (χ0n) is 9.77. The number of rotatable bonds is 2. The zero-order chi connectivity index (χ0) is 12.3. The number of benzene rings is 2. The van der Waals surface area contributed by atoms with Crippen LogP contribution in [0.25, 0.3) is 11.1 Å². The third-order valence-electron chi connectivity index (χ3n) is 2.90. The van der Waals surface area contributed by atoms with E-state index in [1.54, 1.807) is 0 Å². The van der Waals surface area contributed by atoms with Crippen LogP contribution in [0.3, 0.4) is 0 Å². The van der Waals surface area contributed by atoms with Crippen LogP contribution >= 0.6 is 0 Å². The molecule has 84 valence electrons. The molecule has 2 aromatic rings. The molecule has 0 radical (unpaired) electrons. The van der Waals surface area contributed by atoms with E-state index in [4.69, 9.17) is 11.5 Å². The third-order valence-corrected chi connectivity index (χ3v) is 2.90. The Hall–Kier alpha value is -2.04. The Morgan fingerprint density at radius 1 is 1.06 bits per heavy atom. The van der Waals surface area contributed by atoms with Crippen molar-refractivity contribution in [3.8, 4) is 23.5 Å². The summed E-state index contributed by atoms with van der Waals surface area (Å²) < 4.78 is 0. The van der Waals surface area contributed by atoms with Crippen molar-refractivity contribution in [2.24, 2.45) is 0 Å². The normalized spacial score (nSPS) is 9.94. The third kappa shape index (κ3) is 2.38. The minimum absolute atomic E-state index is 0.0855. The zero-order valence-corrected chi connectivity index (χ0v) is 9.77. The van der Waals surface area contributed by atoms with E-state index in [0.29, 0.717) is 0 Å². The minimum Gasteiger partial charge on any atom is -0.392 e. The molecule has 1 heteroatoms. The SMILES string of the molecule is C#Cc1ccc(-c2ccc(CO)c(C)c2)cc1. The predicted molar refractivity (Wildman–Crippen MR) is 70.5 cm³/mol. The lowest BCUT2D eigenvalue weighted by Gasteiger charge is -2.07. The summed E-state index contributed by atoms with van der Waals surface area (Å²) in [4.78, 5) is 0. The summed E-state index contributed by atoms with van der Waals surface area (Å²) in [6, 6.07) is 14.0. The van der Waals surface area contributed by atoms with Gasteiger partial charge < -0.3 is 5.11 Å². The van der Waals surface area contributed by atoms with Crippen molar-refractivity contribution in [1.29, 1.82) is 0 Å². The number of hydrogen-bond acceptors (Lipinski definition) is 1. The van der Waals surface area contributed by atoms with Gasteiger partial charge in [0.25, 0.3) is 0 Å². The summed E-state index contributed by atoms with van der Waals surface area (Å²) in [5, 5.41) is 9.13. The highest BCUT2D eigenvalue weighted by molar-refractivity contribution is 5.65. The minimum atomic E-state index is 0.0855. The van der Waals surface area contributed by atoms with Crippen LogP contribution in [0.1, 0.15) is 16.7 Å². The molecule has 0 saturated heterocycles. The molecule has 2 aromatic carbocycles. The van der Waals surface area contributed by atoms with Crippen molar-refractivity contribution < 1.29 is 5.11 Å². The molecular formula is C16H14O. The molecule has 0 aromatic heterocycles. The Labute approximate surface area is 102 Å². The van der Waals surface area contributed by atoms with Crippen LogP contribution in [0.2, 0.25) is 0 Å². The van der Waals surface area contributed by atoms with Gasteiger partial charge in [-0.3, -0.25) is 0 Å². The van der Waals surface area contributed by atoms with Crippen LogP contribution in [-0.2, 0) is 6.61 Å². The molecule has 0 aliphatic heterocycles. The molecular weight excluding hydrogens is 208 g/mol. The monoisotopic (exact) mass is 222 g/mol. The Kier molecular flexibility index (Phi) is 3.27.